The Balaban J connectivity index is 1.66. The Kier molecular flexibility index (Phi) is 3.03. The minimum absolute atomic E-state index is 0.388. The van der Waals surface area contributed by atoms with Crippen molar-refractivity contribution in [1.29, 1.82) is 0 Å². The molecule has 0 fully saturated rings. The second kappa shape index (κ2) is 4.47. The van der Waals surface area contributed by atoms with Crippen LogP contribution in [0.1, 0.15) is 25.7 Å². The summed E-state index contributed by atoms with van der Waals surface area (Å²) >= 11 is 0. The van der Waals surface area contributed by atoms with E-state index in [-0.39, 0.29) is 0 Å². The first-order chi connectivity index (χ1) is 6.45. The largest absolute Gasteiger partial charge is 0.497 e. The molecule has 72 valence electrons. The van der Waals surface area contributed by atoms with Gasteiger partial charge in [-0.15, -0.1) is 0 Å². The molecule has 1 aliphatic carbocycles. The van der Waals surface area contributed by atoms with E-state index in [4.69, 9.17) is 4.74 Å². The minimum atomic E-state index is 0.388. The maximum Gasteiger partial charge on any atom is 0.110 e. The molecular formula is C11H17NO. The van der Waals surface area contributed by atoms with E-state index in [0.29, 0.717) is 12.1 Å². The van der Waals surface area contributed by atoms with Crippen LogP contribution in [-0.2, 0) is 4.74 Å². The normalized spacial score (nSPS) is 32.0. The predicted molar refractivity (Wildman–Crippen MR) is 53.4 cm³/mol. The molecule has 13 heavy (non-hydrogen) atoms. The van der Waals surface area contributed by atoms with Gasteiger partial charge in [0, 0.05) is 12.6 Å². The fourth-order valence-electron chi connectivity index (χ4n) is 1.82. The van der Waals surface area contributed by atoms with Gasteiger partial charge in [-0.05, 0) is 31.8 Å². The molecule has 1 heterocycles. The molecule has 2 nitrogen and oxygen atoms in total. The summed E-state index contributed by atoms with van der Waals surface area (Å²) in [6.07, 6.45) is 13.6. The highest BCUT2D eigenvalue weighted by Gasteiger charge is 2.13. The predicted octanol–water partition coefficient (Wildman–Crippen LogP) is 1.99. The van der Waals surface area contributed by atoms with Crippen molar-refractivity contribution >= 4 is 0 Å². The van der Waals surface area contributed by atoms with E-state index < -0.39 is 0 Å². The molecule has 2 unspecified atom stereocenters. The number of ether oxygens (including phenoxy) is 1. The molecule has 2 aliphatic rings. The van der Waals surface area contributed by atoms with Crippen molar-refractivity contribution < 1.29 is 4.74 Å². The van der Waals surface area contributed by atoms with E-state index >= 15 is 0 Å². The quantitative estimate of drug-likeness (QED) is 0.669. The number of hydrogen-bond acceptors (Lipinski definition) is 2. The van der Waals surface area contributed by atoms with E-state index in [1.165, 1.54) is 12.8 Å². The third-order valence-electron chi connectivity index (χ3n) is 2.64. The van der Waals surface area contributed by atoms with Crippen LogP contribution in [0.5, 0.6) is 0 Å². The average Bonchev–Trinajstić information content (AvgIpc) is 2.69. The van der Waals surface area contributed by atoms with Crippen LogP contribution in [0.25, 0.3) is 0 Å². The van der Waals surface area contributed by atoms with E-state index in [1.54, 1.807) is 0 Å². The zero-order chi connectivity index (χ0) is 8.93. The van der Waals surface area contributed by atoms with Gasteiger partial charge in [0.05, 0.1) is 6.26 Å². The summed E-state index contributed by atoms with van der Waals surface area (Å²) in [7, 11) is 0. The first-order valence-electron chi connectivity index (χ1n) is 5.15. The average molecular weight is 179 g/mol. The summed E-state index contributed by atoms with van der Waals surface area (Å²) in [5.41, 5.74) is 0. The minimum Gasteiger partial charge on any atom is -0.497 e. The van der Waals surface area contributed by atoms with Gasteiger partial charge in [0.15, 0.2) is 0 Å². The Bertz CT molecular complexity index is 210. The van der Waals surface area contributed by atoms with Crippen LogP contribution in [-0.4, -0.2) is 18.7 Å². The van der Waals surface area contributed by atoms with Crippen molar-refractivity contribution in [2.45, 2.75) is 37.8 Å². The maximum atomic E-state index is 5.47. The number of rotatable bonds is 3. The van der Waals surface area contributed by atoms with E-state index in [2.05, 4.69) is 23.5 Å². The van der Waals surface area contributed by atoms with Crippen molar-refractivity contribution in [3.63, 3.8) is 0 Å². The van der Waals surface area contributed by atoms with Crippen LogP contribution in [0, 0.1) is 0 Å². The summed E-state index contributed by atoms with van der Waals surface area (Å²) in [5, 5.41) is 3.51. The lowest BCUT2D eigenvalue weighted by molar-refractivity contribution is 0.120. The summed E-state index contributed by atoms with van der Waals surface area (Å²) in [6, 6.07) is 0.592. The number of hydrogen-bond donors (Lipinski definition) is 1. The number of nitrogens with one attached hydrogen (secondary N) is 1. The zero-order valence-electron chi connectivity index (χ0n) is 7.91. The lowest BCUT2D eigenvalue weighted by atomic mass is 10.1. The number of allylic oxidation sites excluding steroid dienone is 2. The lowest BCUT2D eigenvalue weighted by Gasteiger charge is -2.21. The lowest BCUT2D eigenvalue weighted by Crippen LogP contribution is -2.34. The van der Waals surface area contributed by atoms with Crippen LogP contribution in [0.2, 0.25) is 0 Å². The Morgan fingerprint density at radius 1 is 1.23 bits per heavy atom. The first-order valence-corrected chi connectivity index (χ1v) is 5.15. The third kappa shape index (κ3) is 2.59. The Morgan fingerprint density at radius 3 is 2.85 bits per heavy atom. The molecule has 0 aromatic carbocycles. The Labute approximate surface area is 79.7 Å². The van der Waals surface area contributed by atoms with Crippen molar-refractivity contribution in [2.75, 3.05) is 6.54 Å². The van der Waals surface area contributed by atoms with Gasteiger partial charge in [0.2, 0.25) is 0 Å². The summed E-state index contributed by atoms with van der Waals surface area (Å²) in [5.74, 6) is 0. The van der Waals surface area contributed by atoms with Crippen molar-refractivity contribution in [2.24, 2.45) is 0 Å². The summed E-state index contributed by atoms with van der Waals surface area (Å²) in [6.45, 7) is 0.985. The fraction of sp³-hybridized carbons (Fsp3) is 0.636. The van der Waals surface area contributed by atoms with E-state index in [9.17, 15) is 0 Å². The highest BCUT2D eigenvalue weighted by molar-refractivity contribution is 5.01. The standard InChI is InChI=1S/C11H17NO/c1-2-6-10(5-1)12-9-11-7-3-4-8-13-11/h1,4-5,8,10-12H,2-3,6-7,9H2. The molecule has 0 radical (unpaired) electrons. The smallest absolute Gasteiger partial charge is 0.110 e. The second-order valence-electron chi connectivity index (χ2n) is 3.73. The van der Waals surface area contributed by atoms with Crippen LogP contribution >= 0.6 is 0 Å². The molecule has 0 spiro atoms. The molecule has 0 aromatic heterocycles. The second-order valence-corrected chi connectivity index (χ2v) is 3.73. The Hall–Kier alpha value is -0.760. The summed E-state index contributed by atoms with van der Waals surface area (Å²) < 4.78 is 5.47. The molecule has 0 saturated carbocycles. The van der Waals surface area contributed by atoms with Crippen LogP contribution in [0.3, 0.4) is 0 Å². The maximum absolute atomic E-state index is 5.47. The monoisotopic (exact) mass is 179 g/mol. The highest BCUT2D eigenvalue weighted by atomic mass is 16.5. The topological polar surface area (TPSA) is 21.3 Å². The Morgan fingerprint density at radius 2 is 2.15 bits per heavy atom. The van der Waals surface area contributed by atoms with Gasteiger partial charge in [-0.2, -0.15) is 0 Å². The van der Waals surface area contributed by atoms with Gasteiger partial charge >= 0.3 is 0 Å². The molecule has 0 amide bonds. The first kappa shape index (κ1) is 8.82. The third-order valence-corrected chi connectivity index (χ3v) is 2.64. The van der Waals surface area contributed by atoms with E-state index in [0.717, 1.165) is 19.4 Å². The van der Waals surface area contributed by atoms with Crippen LogP contribution < -0.4 is 5.32 Å². The zero-order valence-corrected chi connectivity index (χ0v) is 7.91. The molecule has 0 aromatic rings. The van der Waals surface area contributed by atoms with Gasteiger partial charge in [-0.25, -0.2) is 0 Å². The molecule has 1 aliphatic heterocycles. The van der Waals surface area contributed by atoms with Gasteiger partial charge < -0.3 is 10.1 Å². The molecule has 2 rings (SSSR count). The fourth-order valence-corrected chi connectivity index (χ4v) is 1.82. The molecule has 1 N–H and O–H groups in total. The molecule has 0 bridgehead atoms. The molecule has 2 heteroatoms. The van der Waals surface area contributed by atoms with E-state index in [1.807, 2.05) is 6.26 Å². The SMILES string of the molecule is C1=CC(NCC2CCC=CO2)CC1. The van der Waals surface area contributed by atoms with Crippen LogP contribution in [0.15, 0.2) is 24.5 Å². The van der Waals surface area contributed by atoms with Gasteiger partial charge in [-0.1, -0.05) is 12.2 Å². The molecule has 2 atom stereocenters. The summed E-state index contributed by atoms with van der Waals surface area (Å²) in [4.78, 5) is 0. The van der Waals surface area contributed by atoms with Crippen molar-refractivity contribution in [1.82, 2.24) is 5.32 Å². The van der Waals surface area contributed by atoms with Gasteiger partial charge in [0.1, 0.15) is 6.10 Å². The van der Waals surface area contributed by atoms with Crippen molar-refractivity contribution in [3.05, 3.63) is 24.5 Å². The van der Waals surface area contributed by atoms with Gasteiger partial charge in [-0.3, -0.25) is 0 Å². The molecular weight excluding hydrogens is 162 g/mol. The molecule has 0 saturated heterocycles. The van der Waals surface area contributed by atoms with Crippen LogP contribution in [0.4, 0.5) is 0 Å². The van der Waals surface area contributed by atoms with Crippen molar-refractivity contribution in [3.8, 4) is 0 Å². The highest BCUT2D eigenvalue weighted by Crippen LogP contribution is 2.12. The van der Waals surface area contributed by atoms with Gasteiger partial charge in [0.25, 0.3) is 0 Å².